The van der Waals surface area contributed by atoms with Crippen molar-refractivity contribution < 1.29 is 19.5 Å². The minimum absolute atomic E-state index is 0.0254. The van der Waals surface area contributed by atoms with Gasteiger partial charge in [-0.1, -0.05) is 12.1 Å². The molecule has 0 saturated carbocycles. The molecule has 8 nitrogen and oxygen atoms in total. The summed E-state index contributed by atoms with van der Waals surface area (Å²) in [4.78, 5) is 37.0. The highest BCUT2D eigenvalue weighted by atomic mass is 16.3. The fourth-order valence-electron chi connectivity index (χ4n) is 3.05. The standard InChI is InChI=1S/C17H24N4O4/c18-17(25)20-15(23)11-19-14-7-2-1-6-13(14)16(24)21-9-4-3-5-12(21)8-10-22/h1-2,6-7,12,19,22H,3-5,8-11H2,(H3,18,20,23,25)/t12-/m1/s1. The minimum atomic E-state index is -0.920. The number of urea groups is 1. The Balaban J connectivity index is 2.11. The Bertz CT molecular complexity index is 633. The average molecular weight is 348 g/mol. The lowest BCUT2D eigenvalue weighted by atomic mass is 9.98. The Morgan fingerprint density at radius 3 is 2.72 bits per heavy atom. The molecule has 1 heterocycles. The number of anilines is 1. The van der Waals surface area contributed by atoms with Crippen LogP contribution in [0.25, 0.3) is 0 Å². The van der Waals surface area contributed by atoms with E-state index in [1.54, 1.807) is 29.2 Å². The minimum Gasteiger partial charge on any atom is -0.396 e. The van der Waals surface area contributed by atoms with Crippen molar-refractivity contribution >= 4 is 23.5 Å². The molecule has 0 radical (unpaired) electrons. The van der Waals surface area contributed by atoms with E-state index < -0.39 is 11.9 Å². The van der Waals surface area contributed by atoms with Crippen molar-refractivity contribution in [3.05, 3.63) is 29.8 Å². The zero-order chi connectivity index (χ0) is 18.2. The molecule has 1 aromatic carbocycles. The Kier molecular flexibility index (Phi) is 6.76. The van der Waals surface area contributed by atoms with Gasteiger partial charge in [-0.3, -0.25) is 14.9 Å². The second-order valence-corrected chi connectivity index (χ2v) is 5.97. The highest BCUT2D eigenvalue weighted by Crippen LogP contribution is 2.24. The van der Waals surface area contributed by atoms with Crippen LogP contribution in [0.3, 0.4) is 0 Å². The predicted molar refractivity (Wildman–Crippen MR) is 93.0 cm³/mol. The summed E-state index contributed by atoms with van der Waals surface area (Å²) in [5.41, 5.74) is 5.87. The van der Waals surface area contributed by atoms with E-state index in [0.717, 1.165) is 19.3 Å². The zero-order valence-corrected chi connectivity index (χ0v) is 14.0. The van der Waals surface area contributed by atoms with E-state index in [0.29, 0.717) is 24.2 Å². The van der Waals surface area contributed by atoms with E-state index >= 15 is 0 Å². The maximum atomic E-state index is 13.0. The number of rotatable bonds is 6. The molecule has 1 fully saturated rings. The summed E-state index contributed by atoms with van der Waals surface area (Å²) in [7, 11) is 0. The number of carbonyl (C=O) groups excluding carboxylic acids is 3. The molecule has 25 heavy (non-hydrogen) atoms. The van der Waals surface area contributed by atoms with Gasteiger partial charge in [0.15, 0.2) is 0 Å². The van der Waals surface area contributed by atoms with Crippen molar-refractivity contribution in [1.29, 1.82) is 0 Å². The lowest BCUT2D eigenvalue weighted by molar-refractivity contribution is -0.118. The Morgan fingerprint density at radius 2 is 2.00 bits per heavy atom. The molecule has 2 rings (SSSR count). The van der Waals surface area contributed by atoms with Gasteiger partial charge in [-0.05, 0) is 37.8 Å². The van der Waals surface area contributed by atoms with Gasteiger partial charge >= 0.3 is 6.03 Å². The first-order valence-electron chi connectivity index (χ1n) is 8.37. The highest BCUT2D eigenvalue weighted by molar-refractivity contribution is 6.01. The van der Waals surface area contributed by atoms with E-state index in [9.17, 15) is 19.5 Å². The first-order valence-corrected chi connectivity index (χ1v) is 8.37. The van der Waals surface area contributed by atoms with Crippen molar-refractivity contribution in [3.8, 4) is 0 Å². The third kappa shape index (κ3) is 5.18. The SMILES string of the molecule is NC(=O)NC(=O)CNc1ccccc1C(=O)N1CCCC[C@@H]1CCO. The molecule has 0 aromatic heterocycles. The van der Waals surface area contributed by atoms with E-state index in [-0.39, 0.29) is 25.1 Å². The number of nitrogens with two attached hydrogens (primary N) is 1. The molecule has 4 amide bonds. The van der Waals surface area contributed by atoms with Crippen LogP contribution in [0.15, 0.2) is 24.3 Å². The van der Waals surface area contributed by atoms with Gasteiger partial charge in [0.2, 0.25) is 5.91 Å². The number of hydrogen-bond donors (Lipinski definition) is 4. The van der Waals surface area contributed by atoms with Crippen LogP contribution in [0.5, 0.6) is 0 Å². The van der Waals surface area contributed by atoms with Crippen LogP contribution in [0.2, 0.25) is 0 Å². The number of likely N-dealkylation sites (tertiary alicyclic amines) is 1. The van der Waals surface area contributed by atoms with Crippen molar-refractivity contribution in [2.45, 2.75) is 31.7 Å². The number of benzene rings is 1. The lowest BCUT2D eigenvalue weighted by Gasteiger charge is -2.36. The van der Waals surface area contributed by atoms with Gasteiger partial charge in [-0.2, -0.15) is 0 Å². The van der Waals surface area contributed by atoms with Gasteiger partial charge in [-0.15, -0.1) is 0 Å². The number of amides is 4. The third-order valence-electron chi connectivity index (χ3n) is 4.21. The van der Waals surface area contributed by atoms with E-state index in [4.69, 9.17) is 5.73 Å². The number of aliphatic hydroxyl groups is 1. The summed E-state index contributed by atoms with van der Waals surface area (Å²) in [5.74, 6) is -0.706. The van der Waals surface area contributed by atoms with Gasteiger partial charge in [0, 0.05) is 24.9 Å². The number of primary amides is 1. The summed E-state index contributed by atoms with van der Waals surface area (Å²) in [5, 5.41) is 14.1. The molecule has 0 bridgehead atoms. The molecule has 1 aliphatic rings. The second-order valence-electron chi connectivity index (χ2n) is 5.97. The lowest BCUT2D eigenvalue weighted by Crippen LogP contribution is -2.44. The quantitative estimate of drug-likeness (QED) is 0.601. The summed E-state index contributed by atoms with van der Waals surface area (Å²) in [6.07, 6.45) is 3.41. The average Bonchev–Trinajstić information content (AvgIpc) is 2.60. The molecular weight excluding hydrogens is 324 g/mol. The van der Waals surface area contributed by atoms with Crippen LogP contribution < -0.4 is 16.4 Å². The normalized spacial score (nSPS) is 17.0. The highest BCUT2D eigenvalue weighted by Gasteiger charge is 2.28. The Hall–Kier alpha value is -2.61. The number of carbonyl (C=O) groups is 3. The summed E-state index contributed by atoms with van der Waals surface area (Å²) >= 11 is 0. The third-order valence-corrected chi connectivity index (χ3v) is 4.21. The molecule has 8 heteroatoms. The largest absolute Gasteiger partial charge is 0.396 e. The van der Waals surface area contributed by atoms with E-state index in [1.165, 1.54) is 0 Å². The van der Waals surface area contributed by atoms with E-state index in [2.05, 4.69) is 5.32 Å². The molecule has 1 aliphatic heterocycles. The number of para-hydroxylation sites is 1. The van der Waals surface area contributed by atoms with Gasteiger partial charge in [-0.25, -0.2) is 4.79 Å². The monoisotopic (exact) mass is 348 g/mol. The van der Waals surface area contributed by atoms with Crippen LogP contribution in [-0.4, -0.2) is 53.6 Å². The maximum Gasteiger partial charge on any atom is 0.318 e. The molecule has 1 aromatic rings. The van der Waals surface area contributed by atoms with Gasteiger partial charge in [0.25, 0.3) is 5.91 Å². The number of nitrogens with one attached hydrogen (secondary N) is 2. The van der Waals surface area contributed by atoms with Crippen molar-refractivity contribution in [2.75, 3.05) is 25.0 Å². The molecule has 1 atom stereocenters. The summed E-state index contributed by atoms with van der Waals surface area (Å²) in [6, 6.07) is 6.02. The number of aliphatic hydroxyl groups excluding tert-OH is 1. The first kappa shape index (κ1) is 18.7. The fraction of sp³-hybridized carbons (Fsp3) is 0.471. The Morgan fingerprint density at radius 1 is 1.24 bits per heavy atom. The second kappa shape index (κ2) is 9.03. The molecule has 136 valence electrons. The Labute approximate surface area is 146 Å². The van der Waals surface area contributed by atoms with Crippen LogP contribution in [0, 0.1) is 0 Å². The number of imide groups is 1. The topological polar surface area (TPSA) is 125 Å². The van der Waals surface area contributed by atoms with Crippen LogP contribution >= 0.6 is 0 Å². The van der Waals surface area contributed by atoms with Crippen molar-refractivity contribution in [2.24, 2.45) is 5.73 Å². The number of nitrogens with zero attached hydrogens (tertiary/aromatic N) is 1. The molecule has 0 aliphatic carbocycles. The fourth-order valence-corrected chi connectivity index (χ4v) is 3.05. The van der Waals surface area contributed by atoms with Crippen LogP contribution in [0.1, 0.15) is 36.0 Å². The molecule has 5 N–H and O–H groups in total. The van der Waals surface area contributed by atoms with Crippen LogP contribution in [0.4, 0.5) is 10.5 Å². The van der Waals surface area contributed by atoms with Gasteiger partial charge < -0.3 is 21.1 Å². The zero-order valence-electron chi connectivity index (χ0n) is 14.0. The van der Waals surface area contributed by atoms with Crippen molar-refractivity contribution in [1.82, 2.24) is 10.2 Å². The summed E-state index contributed by atoms with van der Waals surface area (Å²) < 4.78 is 0. The molecule has 0 unspecified atom stereocenters. The van der Waals surface area contributed by atoms with Gasteiger partial charge in [0.05, 0.1) is 12.1 Å². The van der Waals surface area contributed by atoms with Crippen molar-refractivity contribution in [3.63, 3.8) is 0 Å². The molecule has 0 spiro atoms. The number of hydrogen-bond acceptors (Lipinski definition) is 5. The number of piperidine rings is 1. The molecule has 1 saturated heterocycles. The smallest absolute Gasteiger partial charge is 0.318 e. The maximum absolute atomic E-state index is 13.0. The van der Waals surface area contributed by atoms with E-state index in [1.807, 2.05) is 5.32 Å². The molecular formula is C17H24N4O4. The predicted octanol–water partition coefficient (Wildman–Crippen LogP) is 0.670. The van der Waals surface area contributed by atoms with Gasteiger partial charge in [0.1, 0.15) is 0 Å². The van der Waals surface area contributed by atoms with Crippen LogP contribution in [-0.2, 0) is 4.79 Å². The summed E-state index contributed by atoms with van der Waals surface area (Å²) in [6.45, 7) is 0.523. The first-order chi connectivity index (χ1) is 12.0.